The highest BCUT2D eigenvalue weighted by molar-refractivity contribution is 7.98. The average Bonchev–Trinajstić information content (AvgIpc) is 3.18. The summed E-state index contributed by atoms with van der Waals surface area (Å²) in [6.07, 6.45) is 4.91. The third-order valence-electron chi connectivity index (χ3n) is 4.54. The van der Waals surface area contributed by atoms with E-state index in [0.717, 1.165) is 23.0 Å². The number of fused-ring (bicyclic) bond motifs is 1. The zero-order valence-corrected chi connectivity index (χ0v) is 16.9. The van der Waals surface area contributed by atoms with E-state index in [1.165, 1.54) is 35.3 Å². The lowest BCUT2D eigenvalue weighted by atomic mass is 9.96. The van der Waals surface area contributed by atoms with E-state index >= 15 is 0 Å². The Balaban J connectivity index is 1.59. The molecule has 0 saturated heterocycles. The van der Waals surface area contributed by atoms with Gasteiger partial charge in [-0.2, -0.15) is 0 Å². The van der Waals surface area contributed by atoms with Crippen molar-refractivity contribution < 1.29 is 0 Å². The molecule has 0 unspecified atom stereocenters. The molecule has 4 rings (SSSR count). The van der Waals surface area contributed by atoms with Gasteiger partial charge in [-0.15, -0.1) is 21.5 Å². The Bertz CT molecular complexity index is 897. The minimum absolute atomic E-state index is 0.673. The Morgan fingerprint density at radius 3 is 2.72 bits per heavy atom. The molecule has 2 aromatic heterocycles. The van der Waals surface area contributed by atoms with E-state index in [2.05, 4.69) is 20.1 Å². The summed E-state index contributed by atoms with van der Waals surface area (Å²) in [5, 5.41) is 13.3. The van der Waals surface area contributed by atoms with Crippen LogP contribution in [-0.2, 0) is 25.6 Å². The molecule has 1 aliphatic rings. The maximum atomic E-state index is 6.26. The fourth-order valence-electron chi connectivity index (χ4n) is 3.16. The van der Waals surface area contributed by atoms with Gasteiger partial charge in [-0.1, -0.05) is 41.0 Å². The number of thioether (sulfide) groups is 1. The van der Waals surface area contributed by atoms with Gasteiger partial charge in [-0.3, -0.25) is 0 Å². The number of thiophene rings is 1. The summed E-state index contributed by atoms with van der Waals surface area (Å²) < 4.78 is 2.08. The monoisotopic (exact) mass is 409 g/mol. The summed E-state index contributed by atoms with van der Waals surface area (Å²) in [5.74, 6) is 1.62. The molecule has 1 aliphatic carbocycles. The van der Waals surface area contributed by atoms with E-state index in [-0.39, 0.29) is 0 Å². The molecule has 0 saturated carbocycles. The van der Waals surface area contributed by atoms with Gasteiger partial charge in [-0.25, -0.2) is 0 Å². The quantitative estimate of drug-likeness (QED) is 0.493. The van der Waals surface area contributed by atoms with E-state index in [4.69, 9.17) is 23.2 Å². The van der Waals surface area contributed by atoms with E-state index in [1.807, 2.05) is 36.6 Å². The van der Waals surface area contributed by atoms with Crippen LogP contribution in [0.3, 0.4) is 0 Å². The highest BCUT2D eigenvalue weighted by Crippen LogP contribution is 2.37. The van der Waals surface area contributed by atoms with Crippen molar-refractivity contribution in [3.8, 4) is 11.4 Å². The lowest BCUT2D eigenvalue weighted by Crippen LogP contribution is -2.02. The molecule has 0 fully saturated rings. The molecular weight excluding hydrogens is 393 g/mol. The van der Waals surface area contributed by atoms with Gasteiger partial charge in [0.05, 0.1) is 0 Å². The van der Waals surface area contributed by atoms with Crippen molar-refractivity contribution in [3.63, 3.8) is 0 Å². The van der Waals surface area contributed by atoms with E-state index < -0.39 is 0 Å². The highest BCUT2D eigenvalue weighted by Gasteiger charge is 2.21. The number of rotatable bonds is 4. The van der Waals surface area contributed by atoms with Crippen molar-refractivity contribution in [1.82, 2.24) is 14.8 Å². The topological polar surface area (TPSA) is 30.7 Å². The molecule has 0 N–H and O–H groups in total. The summed E-state index contributed by atoms with van der Waals surface area (Å²) in [5.41, 5.74) is 3.66. The molecule has 7 heteroatoms. The van der Waals surface area contributed by atoms with Crippen molar-refractivity contribution in [2.24, 2.45) is 7.05 Å². The van der Waals surface area contributed by atoms with Gasteiger partial charge in [0.15, 0.2) is 11.0 Å². The summed E-state index contributed by atoms with van der Waals surface area (Å²) >= 11 is 16.0. The molecule has 25 heavy (non-hydrogen) atoms. The first-order valence-electron chi connectivity index (χ1n) is 8.20. The zero-order chi connectivity index (χ0) is 17.4. The summed E-state index contributed by atoms with van der Waals surface area (Å²) in [7, 11) is 2.03. The number of hydrogen-bond donors (Lipinski definition) is 0. The molecule has 0 bridgehead atoms. The minimum atomic E-state index is 0.673. The van der Waals surface area contributed by atoms with Gasteiger partial charge in [0.1, 0.15) is 0 Å². The van der Waals surface area contributed by atoms with Crippen molar-refractivity contribution >= 4 is 46.3 Å². The van der Waals surface area contributed by atoms with Crippen LogP contribution < -0.4 is 0 Å². The van der Waals surface area contributed by atoms with Gasteiger partial charge in [-0.05, 0) is 48.9 Å². The van der Waals surface area contributed by atoms with Gasteiger partial charge < -0.3 is 4.57 Å². The van der Waals surface area contributed by atoms with Crippen molar-refractivity contribution in [3.05, 3.63) is 49.6 Å². The maximum Gasteiger partial charge on any atom is 0.191 e. The molecule has 0 amide bonds. The van der Waals surface area contributed by atoms with Crippen LogP contribution >= 0.6 is 46.3 Å². The minimum Gasteiger partial charge on any atom is -0.305 e. The van der Waals surface area contributed by atoms with Gasteiger partial charge in [0.25, 0.3) is 0 Å². The fourth-order valence-corrected chi connectivity index (χ4v) is 5.94. The Morgan fingerprint density at radius 2 is 1.92 bits per heavy atom. The number of halogens is 2. The standard InChI is InChI=1S/C18H17Cl2N3S2/c1-23-17(12-9-24-16-8-3-2-5-11(12)16)21-22-18(23)25-10-13-14(19)6-4-7-15(13)20/h4,6-7,9H,2-3,5,8,10H2,1H3. The van der Waals surface area contributed by atoms with E-state index in [0.29, 0.717) is 15.8 Å². The first kappa shape index (κ1) is 17.4. The van der Waals surface area contributed by atoms with Crippen molar-refractivity contribution in [1.29, 1.82) is 0 Å². The Hall–Kier alpha value is -1.01. The summed E-state index contributed by atoms with van der Waals surface area (Å²) in [6, 6.07) is 5.59. The van der Waals surface area contributed by atoms with Crippen LogP contribution in [0, 0.1) is 0 Å². The first-order valence-corrected chi connectivity index (χ1v) is 10.8. The molecule has 3 aromatic rings. The van der Waals surface area contributed by atoms with Crippen LogP contribution in [-0.4, -0.2) is 14.8 Å². The number of aryl methyl sites for hydroxylation is 1. The molecule has 2 heterocycles. The zero-order valence-electron chi connectivity index (χ0n) is 13.8. The molecule has 0 spiro atoms. The molecule has 130 valence electrons. The van der Waals surface area contributed by atoms with Crippen LogP contribution in [0.1, 0.15) is 28.8 Å². The number of benzene rings is 1. The highest BCUT2D eigenvalue weighted by atomic mass is 35.5. The van der Waals surface area contributed by atoms with Crippen LogP contribution in [0.2, 0.25) is 10.0 Å². The Labute approximate surface area is 165 Å². The second kappa shape index (κ2) is 7.31. The second-order valence-electron chi connectivity index (χ2n) is 6.11. The Morgan fingerprint density at radius 1 is 1.16 bits per heavy atom. The van der Waals surface area contributed by atoms with E-state index in [1.54, 1.807) is 11.8 Å². The van der Waals surface area contributed by atoms with Crippen LogP contribution in [0.4, 0.5) is 0 Å². The maximum absolute atomic E-state index is 6.26. The number of nitrogens with zero attached hydrogens (tertiary/aromatic N) is 3. The third kappa shape index (κ3) is 3.35. The first-order chi connectivity index (χ1) is 12.1. The second-order valence-corrected chi connectivity index (χ2v) is 8.83. The molecule has 0 aliphatic heterocycles. The predicted molar refractivity (Wildman–Crippen MR) is 107 cm³/mol. The average molecular weight is 410 g/mol. The third-order valence-corrected chi connectivity index (χ3v) is 7.39. The van der Waals surface area contributed by atoms with Crippen LogP contribution in [0.5, 0.6) is 0 Å². The number of hydrogen-bond acceptors (Lipinski definition) is 4. The van der Waals surface area contributed by atoms with Crippen LogP contribution in [0.25, 0.3) is 11.4 Å². The van der Waals surface area contributed by atoms with Gasteiger partial charge in [0, 0.05) is 38.7 Å². The fraction of sp³-hybridized carbons (Fsp3) is 0.333. The lowest BCUT2D eigenvalue weighted by molar-refractivity contribution is 0.696. The number of aromatic nitrogens is 3. The SMILES string of the molecule is Cn1c(SCc2c(Cl)cccc2Cl)nnc1-c1csc2c1CCCC2. The van der Waals surface area contributed by atoms with Crippen molar-refractivity contribution in [2.45, 2.75) is 36.6 Å². The molecule has 1 aromatic carbocycles. The molecular formula is C18H17Cl2N3S2. The lowest BCUT2D eigenvalue weighted by Gasteiger charge is -2.12. The molecule has 0 radical (unpaired) electrons. The molecule has 0 atom stereocenters. The smallest absolute Gasteiger partial charge is 0.191 e. The predicted octanol–water partition coefficient (Wildman–Crippen LogP) is 6.02. The summed E-state index contributed by atoms with van der Waals surface area (Å²) in [6.45, 7) is 0. The van der Waals surface area contributed by atoms with E-state index in [9.17, 15) is 0 Å². The largest absolute Gasteiger partial charge is 0.305 e. The van der Waals surface area contributed by atoms with Gasteiger partial charge >= 0.3 is 0 Å². The molecule has 3 nitrogen and oxygen atoms in total. The Kier molecular flexibility index (Phi) is 5.09. The summed E-state index contributed by atoms with van der Waals surface area (Å²) in [4.78, 5) is 1.52. The van der Waals surface area contributed by atoms with Crippen LogP contribution in [0.15, 0.2) is 28.7 Å². The van der Waals surface area contributed by atoms with Crippen molar-refractivity contribution in [2.75, 3.05) is 0 Å². The normalized spacial score (nSPS) is 13.9. The van der Waals surface area contributed by atoms with Gasteiger partial charge in [0.2, 0.25) is 0 Å².